The Morgan fingerprint density at radius 3 is 2.10 bits per heavy atom. The molecule has 0 saturated heterocycles. The molecule has 0 heterocycles. The fourth-order valence-electron chi connectivity index (χ4n) is 1.82. The number of nitrogens with zero attached hydrogens (tertiary/aromatic N) is 1. The standard InChI is InChI=1S/C12H17Cl2NO4S/c1-8-7-10(13)9(2)12(11(8)14)20(18,19)15(3-5-16)4-6-17/h7,16-17H,3-6H2,1-2H3. The second-order valence-electron chi connectivity index (χ2n) is 4.29. The Morgan fingerprint density at radius 1 is 1.15 bits per heavy atom. The van der Waals surface area contributed by atoms with Gasteiger partial charge in [-0.05, 0) is 31.0 Å². The van der Waals surface area contributed by atoms with Crippen LogP contribution in [0, 0.1) is 13.8 Å². The van der Waals surface area contributed by atoms with Crippen LogP contribution in [0.15, 0.2) is 11.0 Å². The molecule has 0 bridgehead atoms. The first kappa shape index (κ1) is 17.7. The molecule has 20 heavy (non-hydrogen) atoms. The van der Waals surface area contributed by atoms with E-state index in [0.717, 1.165) is 4.31 Å². The van der Waals surface area contributed by atoms with Crippen molar-refractivity contribution >= 4 is 33.2 Å². The molecule has 0 aliphatic rings. The number of aliphatic hydroxyl groups is 2. The smallest absolute Gasteiger partial charge is 0.245 e. The number of aryl methyl sites for hydroxylation is 1. The average molecular weight is 342 g/mol. The molecule has 0 aromatic heterocycles. The van der Waals surface area contributed by atoms with Gasteiger partial charge in [0.2, 0.25) is 10.0 Å². The van der Waals surface area contributed by atoms with Crippen LogP contribution in [0.25, 0.3) is 0 Å². The molecule has 2 N–H and O–H groups in total. The minimum absolute atomic E-state index is 0.0777. The second kappa shape index (κ2) is 7.06. The Labute approximate surface area is 128 Å². The van der Waals surface area contributed by atoms with Crippen molar-refractivity contribution in [2.75, 3.05) is 26.3 Å². The number of benzene rings is 1. The van der Waals surface area contributed by atoms with Gasteiger partial charge >= 0.3 is 0 Å². The van der Waals surface area contributed by atoms with E-state index in [1.807, 2.05) is 0 Å². The number of rotatable bonds is 6. The molecule has 1 aromatic carbocycles. The summed E-state index contributed by atoms with van der Waals surface area (Å²) in [5.74, 6) is 0. The van der Waals surface area contributed by atoms with Crippen LogP contribution in [0.5, 0.6) is 0 Å². The van der Waals surface area contributed by atoms with Gasteiger partial charge in [0.15, 0.2) is 0 Å². The summed E-state index contributed by atoms with van der Waals surface area (Å²) >= 11 is 12.1. The third-order valence-corrected chi connectivity index (χ3v) is 5.95. The number of hydrogen-bond donors (Lipinski definition) is 2. The first-order valence-electron chi connectivity index (χ1n) is 5.94. The maximum absolute atomic E-state index is 12.6. The number of sulfonamides is 1. The molecule has 0 spiro atoms. The van der Waals surface area contributed by atoms with Crippen LogP contribution < -0.4 is 0 Å². The average Bonchev–Trinajstić information content (AvgIpc) is 2.36. The fourth-order valence-corrected chi connectivity index (χ4v) is 4.41. The van der Waals surface area contributed by atoms with Gasteiger partial charge in [0.25, 0.3) is 0 Å². The van der Waals surface area contributed by atoms with Crippen molar-refractivity contribution in [3.8, 4) is 0 Å². The van der Waals surface area contributed by atoms with Gasteiger partial charge < -0.3 is 10.2 Å². The summed E-state index contributed by atoms with van der Waals surface area (Å²) in [5, 5.41) is 18.4. The summed E-state index contributed by atoms with van der Waals surface area (Å²) in [6.45, 7) is 2.28. The maximum atomic E-state index is 12.6. The molecule has 1 rings (SSSR count). The lowest BCUT2D eigenvalue weighted by atomic mass is 10.2. The van der Waals surface area contributed by atoms with Gasteiger partial charge in [0, 0.05) is 18.1 Å². The van der Waals surface area contributed by atoms with Gasteiger partial charge in [0.1, 0.15) is 4.90 Å². The molecule has 0 fully saturated rings. The van der Waals surface area contributed by atoms with Crippen molar-refractivity contribution in [2.45, 2.75) is 18.7 Å². The summed E-state index contributed by atoms with van der Waals surface area (Å²) in [4.78, 5) is -0.0777. The van der Waals surface area contributed by atoms with E-state index < -0.39 is 10.0 Å². The highest BCUT2D eigenvalue weighted by Gasteiger charge is 2.29. The van der Waals surface area contributed by atoms with E-state index in [0.29, 0.717) is 16.1 Å². The Kier molecular flexibility index (Phi) is 6.25. The fraction of sp³-hybridized carbons (Fsp3) is 0.500. The number of aliphatic hydroxyl groups excluding tert-OH is 2. The highest BCUT2D eigenvalue weighted by atomic mass is 35.5. The molecule has 0 radical (unpaired) electrons. The summed E-state index contributed by atoms with van der Waals surface area (Å²) in [5.41, 5.74) is 0.900. The van der Waals surface area contributed by atoms with Crippen LogP contribution in [0.4, 0.5) is 0 Å². The minimum atomic E-state index is -3.93. The van der Waals surface area contributed by atoms with Crippen molar-refractivity contribution in [1.29, 1.82) is 0 Å². The SMILES string of the molecule is Cc1cc(Cl)c(C)c(S(=O)(=O)N(CCO)CCO)c1Cl. The van der Waals surface area contributed by atoms with E-state index in [1.165, 1.54) is 0 Å². The Bertz CT molecular complexity index is 557. The van der Waals surface area contributed by atoms with Crippen molar-refractivity contribution < 1.29 is 18.6 Å². The lowest BCUT2D eigenvalue weighted by molar-refractivity contribution is 0.217. The van der Waals surface area contributed by atoms with E-state index in [9.17, 15) is 8.42 Å². The van der Waals surface area contributed by atoms with Gasteiger partial charge in [-0.15, -0.1) is 0 Å². The molecule has 0 atom stereocenters. The molecule has 5 nitrogen and oxygen atoms in total. The zero-order valence-corrected chi connectivity index (χ0v) is 13.6. The van der Waals surface area contributed by atoms with Crippen LogP contribution in [0.3, 0.4) is 0 Å². The maximum Gasteiger partial charge on any atom is 0.245 e. The van der Waals surface area contributed by atoms with Gasteiger partial charge in [-0.25, -0.2) is 8.42 Å². The molecular formula is C12H17Cl2NO4S. The molecule has 0 unspecified atom stereocenters. The Balaban J connectivity index is 3.48. The van der Waals surface area contributed by atoms with Crippen LogP contribution in [-0.4, -0.2) is 49.2 Å². The highest BCUT2D eigenvalue weighted by Crippen LogP contribution is 2.34. The van der Waals surface area contributed by atoms with Crippen molar-refractivity contribution in [1.82, 2.24) is 4.31 Å². The first-order valence-corrected chi connectivity index (χ1v) is 8.14. The number of hydrogen-bond acceptors (Lipinski definition) is 4. The third kappa shape index (κ3) is 3.44. The quantitative estimate of drug-likeness (QED) is 0.823. The lowest BCUT2D eigenvalue weighted by Crippen LogP contribution is -2.36. The van der Waals surface area contributed by atoms with Crippen LogP contribution >= 0.6 is 23.2 Å². The first-order chi connectivity index (χ1) is 9.27. The Morgan fingerprint density at radius 2 is 1.65 bits per heavy atom. The van der Waals surface area contributed by atoms with Gasteiger partial charge in [-0.2, -0.15) is 4.31 Å². The van der Waals surface area contributed by atoms with Gasteiger partial charge in [-0.3, -0.25) is 0 Å². The van der Waals surface area contributed by atoms with Crippen molar-refractivity contribution in [3.05, 3.63) is 27.2 Å². The molecule has 0 amide bonds. The summed E-state index contributed by atoms with van der Waals surface area (Å²) < 4.78 is 26.2. The lowest BCUT2D eigenvalue weighted by Gasteiger charge is -2.23. The van der Waals surface area contributed by atoms with Crippen LogP contribution in [0.2, 0.25) is 10.0 Å². The zero-order chi connectivity index (χ0) is 15.5. The normalized spacial score (nSPS) is 12.2. The van der Waals surface area contributed by atoms with Gasteiger partial charge in [-0.1, -0.05) is 23.2 Å². The molecule has 1 aromatic rings. The molecule has 0 aliphatic heterocycles. The topological polar surface area (TPSA) is 77.8 Å². The predicted molar refractivity (Wildman–Crippen MR) is 78.9 cm³/mol. The Hall–Kier alpha value is -0.370. The highest BCUT2D eigenvalue weighted by molar-refractivity contribution is 7.89. The molecule has 114 valence electrons. The van der Waals surface area contributed by atoms with E-state index in [-0.39, 0.29) is 36.2 Å². The third-order valence-electron chi connectivity index (χ3n) is 2.88. The largest absolute Gasteiger partial charge is 0.395 e. The monoisotopic (exact) mass is 341 g/mol. The summed E-state index contributed by atoms with van der Waals surface area (Å²) in [6, 6.07) is 1.60. The van der Waals surface area contributed by atoms with Crippen molar-refractivity contribution in [2.24, 2.45) is 0 Å². The molecule has 0 aliphatic carbocycles. The minimum Gasteiger partial charge on any atom is -0.395 e. The van der Waals surface area contributed by atoms with Crippen molar-refractivity contribution in [3.63, 3.8) is 0 Å². The van der Waals surface area contributed by atoms with E-state index in [2.05, 4.69) is 0 Å². The van der Waals surface area contributed by atoms with E-state index in [1.54, 1.807) is 19.9 Å². The molecular weight excluding hydrogens is 325 g/mol. The second-order valence-corrected chi connectivity index (χ2v) is 6.95. The molecule has 0 saturated carbocycles. The van der Waals surface area contributed by atoms with Crippen LogP contribution in [-0.2, 0) is 10.0 Å². The number of halogens is 2. The predicted octanol–water partition coefficient (Wildman–Crippen LogP) is 1.59. The van der Waals surface area contributed by atoms with E-state index in [4.69, 9.17) is 33.4 Å². The van der Waals surface area contributed by atoms with Crippen LogP contribution in [0.1, 0.15) is 11.1 Å². The summed E-state index contributed by atoms with van der Waals surface area (Å²) in [7, 11) is -3.93. The van der Waals surface area contributed by atoms with E-state index >= 15 is 0 Å². The zero-order valence-electron chi connectivity index (χ0n) is 11.2. The summed E-state index contributed by atoms with van der Waals surface area (Å²) in [6.07, 6.45) is 0. The van der Waals surface area contributed by atoms with Gasteiger partial charge in [0.05, 0.1) is 18.2 Å². The molecule has 8 heteroatoms.